The Morgan fingerprint density at radius 3 is 3.20 bits per heavy atom. The molecule has 1 saturated heterocycles. The van der Waals surface area contributed by atoms with E-state index in [-0.39, 0.29) is 11.9 Å². The monoisotopic (exact) mass is 354 g/mol. The number of rotatable bonds is 3. The van der Waals surface area contributed by atoms with Gasteiger partial charge in [-0.05, 0) is 48.9 Å². The molecule has 6 heteroatoms. The van der Waals surface area contributed by atoms with Crippen LogP contribution in [0, 0.1) is 6.92 Å². The zero-order chi connectivity index (χ0) is 17.2. The number of hydrogen-bond donors (Lipinski definition) is 2. The number of fused-ring (bicyclic) bond motifs is 1. The Morgan fingerprint density at radius 2 is 2.36 bits per heavy atom. The summed E-state index contributed by atoms with van der Waals surface area (Å²) >= 11 is 1.66. The second kappa shape index (κ2) is 6.88. The fourth-order valence-electron chi connectivity index (χ4n) is 3.41. The third-order valence-electron chi connectivity index (χ3n) is 4.74. The van der Waals surface area contributed by atoms with E-state index >= 15 is 0 Å². The molecule has 2 amide bonds. The summed E-state index contributed by atoms with van der Waals surface area (Å²) in [6, 6.07) is 10.3. The highest BCUT2D eigenvalue weighted by Gasteiger charge is 2.26. The number of piperidine rings is 1. The van der Waals surface area contributed by atoms with Crippen LogP contribution in [0.1, 0.15) is 35.0 Å². The summed E-state index contributed by atoms with van der Waals surface area (Å²) in [5.41, 5.74) is 3.30. The molecule has 2 N–H and O–H groups in total. The van der Waals surface area contributed by atoms with Gasteiger partial charge in [0.05, 0.1) is 17.6 Å². The van der Waals surface area contributed by atoms with Gasteiger partial charge in [-0.25, -0.2) is 9.78 Å². The highest BCUT2D eigenvalue weighted by Crippen LogP contribution is 2.27. The van der Waals surface area contributed by atoms with Crippen LogP contribution >= 0.6 is 11.3 Å². The SMILES string of the molecule is Cc1ccc2nc([C@@H]3CCCN(C(=O)NCc4cccs4)C3)[nH]c2c1. The van der Waals surface area contributed by atoms with E-state index < -0.39 is 0 Å². The van der Waals surface area contributed by atoms with Crippen LogP contribution in [0.25, 0.3) is 11.0 Å². The molecule has 2 aromatic heterocycles. The van der Waals surface area contributed by atoms with Crippen molar-refractivity contribution in [3.63, 3.8) is 0 Å². The van der Waals surface area contributed by atoms with Gasteiger partial charge in [-0.1, -0.05) is 12.1 Å². The fraction of sp³-hybridized carbons (Fsp3) is 0.368. The molecule has 0 aliphatic carbocycles. The van der Waals surface area contributed by atoms with Crippen LogP contribution in [0.2, 0.25) is 0 Å². The Balaban J connectivity index is 1.43. The van der Waals surface area contributed by atoms with E-state index in [9.17, 15) is 4.79 Å². The summed E-state index contributed by atoms with van der Waals surface area (Å²) in [6.45, 7) is 4.21. The Labute approximate surface area is 151 Å². The Hall–Kier alpha value is -2.34. The summed E-state index contributed by atoms with van der Waals surface area (Å²) in [7, 11) is 0. The molecular formula is C19H22N4OS. The Kier molecular flexibility index (Phi) is 4.44. The number of nitrogens with zero attached hydrogens (tertiary/aromatic N) is 2. The zero-order valence-corrected chi connectivity index (χ0v) is 15.1. The Bertz CT molecular complexity index is 871. The number of nitrogens with one attached hydrogen (secondary N) is 2. The molecule has 4 rings (SSSR count). The van der Waals surface area contributed by atoms with E-state index in [1.165, 1.54) is 10.4 Å². The fourth-order valence-corrected chi connectivity index (χ4v) is 4.05. The third-order valence-corrected chi connectivity index (χ3v) is 5.62. The van der Waals surface area contributed by atoms with Crippen LogP contribution in [0.3, 0.4) is 0 Å². The first-order valence-corrected chi connectivity index (χ1v) is 9.58. The third kappa shape index (κ3) is 3.54. The van der Waals surface area contributed by atoms with Gasteiger partial charge in [0.2, 0.25) is 0 Å². The van der Waals surface area contributed by atoms with E-state index in [0.29, 0.717) is 6.54 Å². The van der Waals surface area contributed by atoms with Crippen molar-refractivity contribution < 1.29 is 4.79 Å². The topological polar surface area (TPSA) is 61.0 Å². The molecule has 0 radical (unpaired) electrons. The van der Waals surface area contributed by atoms with Gasteiger partial charge in [-0.15, -0.1) is 11.3 Å². The molecule has 5 nitrogen and oxygen atoms in total. The van der Waals surface area contributed by atoms with E-state index in [4.69, 9.17) is 4.98 Å². The van der Waals surface area contributed by atoms with Gasteiger partial charge in [-0.3, -0.25) is 0 Å². The molecule has 3 aromatic rings. The number of amides is 2. The van der Waals surface area contributed by atoms with E-state index in [0.717, 1.165) is 42.8 Å². The minimum atomic E-state index is 0.0186. The molecule has 1 aliphatic heterocycles. The lowest BCUT2D eigenvalue weighted by Gasteiger charge is -2.31. The number of aryl methyl sites for hydroxylation is 1. The quantitative estimate of drug-likeness (QED) is 0.746. The van der Waals surface area contributed by atoms with Crippen molar-refractivity contribution in [3.05, 3.63) is 52.0 Å². The van der Waals surface area contributed by atoms with Crippen molar-refractivity contribution in [3.8, 4) is 0 Å². The number of carbonyl (C=O) groups excluding carboxylic acids is 1. The lowest BCUT2D eigenvalue weighted by molar-refractivity contribution is 0.178. The standard InChI is InChI=1S/C19H22N4OS/c1-13-6-7-16-17(10-13)22-18(21-16)14-4-2-8-23(12-14)19(24)20-11-15-5-3-9-25-15/h3,5-7,9-10,14H,2,4,8,11-12H2,1H3,(H,20,24)(H,21,22)/t14-/m1/s1. The highest BCUT2D eigenvalue weighted by molar-refractivity contribution is 7.09. The van der Waals surface area contributed by atoms with Gasteiger partial charge in [-0.2, -0.15) is 0 Å². The maximum atomic E-state index is 12.5. The first-order chi connectivity index (χ1) is 12.2. The molecule has 0 saturated carbocycles. The van der Waals surface area contributed by atoms with Crippen molar-refractivity contribution in [2.75, 3.05) is 13.1 Å². The number of urea groups is 1. The summed E-state index contributed by atoms with van der Waals surface area (Å²) < 4.78 is 0. The van der Waals surface area contributed by atoms with Gasteiger partial charge in [0.25, 0.3) is 0 Å². The lowest BCUT2D eigenvalue weighted by Crippen LogP contribution is -2.44. The van der Waals surface area contributed by atoms with Gasteiger partial charge >= 0.3 is 6.03 Å². The number of benzene rings is 1. The summed E-state index contributed by atoms with van der Waals surface area (Å²) in [6.07, 6.45) is 2.07. The molecule has 1 aromatic carbocycles. The minimum Gasteiger partial charge on any atom is -0.342 e. The molecule has 1 atom stereocenters. The van der Waals surface area contributed by atoms with Gasteiger partial charge in [0.15, 0.2) is 0 Å². The smallest absolute Gasteiger partial charge is 0.317 e. The van der Waals surface area contributed by atoms with E-state index in [1.807, 2.05) is 22.4 Å². The first kappa shape index (κ1) is 16.1. The molecule has 0 unspecified atom stereocenters. The van der Waals surface area contributed by atoms with Crippen LogP contribution in [0.4, 0.5) is 4.79 Å². The normalized spacial score (nSPS) is 17.8. The van der Waals surface area contributed by atoms with Crippen molar-refractivity contribution in [2.45, 2.75) is 32.2 Å². The predicted molar refractivity (Wildman–Crippen MR) is 101 cm³/mol. The summed E-state index contributed by atoms with van der Waals surface area (Å²) in [5.74, 6) is 1.27. The highest BCUT2D eigenvalue weighted by atomic mass is 32.1. The molecular weight excluding hydrogens is 332 g/mol. The van der Waals surface area contributed by atoms with Crippen LogP contribution in [-0.2, 0) is 6.54 Å². The Morgan fingerprint density at radius 1 is 1.44 bits per heavy atom. The largest absolute Gasteiger partial charge is 0.342 e. The number of thiophene rings is 1. The number of carbonyl (C=O) groups is 1. The van der Waals surface area contributed by atoms with Crippen molar-refractivity contribution >= 4 is 28.4 Å². The summed E-state index contributed by atoms with van der Waals surface area (Å²) in [5, 5.41) is 5.06. The first-order valence-electron chi connectivity index (χ1n) is 8.70. The van der Waals surface area contributed by atoms with E-state index in [1.54, 1.807) is 11.3 Å². The van der Waals surface area contributed by atoms with Crippen molar-refractivity contribution in [1.82, 2.24) is 20.2 Å². The van der Waals surface area contributed by atoms with Crippen LogP contribution < -0.4 is 5.32 Å². The maximum absolute atomic E-state index is 12.5. The molecule has 0 bridgehead atoms. The molecule has 3 heterocycles. The molecule has 1 fully saturated rings. The van der Waals surface area contributed by atoms with Crippen LogP contribution in [-0.4, -0.2) is 34.0 Å². The van der Waals surface area contributed by atoms with Crippen LogP contribution in [0.15, 0.2) is 35.7 Å². The number of likely N-dealkylation sites (tertiary alicyclic amines) is 1. The minimum absolute atomic E-state index is 0.0186. The average Bonchev–Trinajstić information content (AvgIpc) is 3.28. The molecule has 25 heavy (non-hydrogen) atoms. The van der Waals surface area contributed by atoms with E-state index in [2.05, 4.69) is 35.4 Å². The number of aromatic nitrogens is 2. The van der Waals surface area contributed by atoms with Crippen molar-refractivity contribution in [1.29, 1.82) is 0 Å². The summed E-state index contributed by atoms with van der Waals surface area (Å²) in [4.78, 5) is 23.8. The number of imidazole rings is 1. The van der Waals surface area contributed by atoms with Gasteiger partial charge in [0.1, 0.15) is 5.82 Å². The predicted octanol–water partition coefficient (Wildman–Crippen LogP) is 4.02. The number of aromatic amines is 1. The maximum Gasteiger partial charge on any atom is 0.317 e. The van der Waals surface area contributed by atoms with Gasteiger partial charge in [0, 0.05) is 23.9 Å². The number of hydrogen-bond acceptors (Lipinski definition) is 3. The molecule has 0 spiro atoms. The second-order valence-electron chi connectivity index (χ2n) is 6.67. The van der Waals surface area contributed by atoms with Gasteiger partial charge < -0.3 is 15.2 Å². The van der Waals surface area contributed by atoms with Crippen molar-refractivity contribution in [2.24, 2.45) is 0 Å². The van der Waals surface area contributed by atoms with Crippen LogP contribution in [0.5, 0.6) is 0 Å². The second-order valence-corrected chi connectivity index (χ2v) is 7.70. The molecule has 130 valence electrons. The lowest BCUT2D eigenvalue weighted by atomic mass is 9.97. The molecule has 1 aliphatic rings. The zero-order valence-electron chi connectivity index (χ0n) is 14.3. The average molecular weight is 354 g/mol. The number of H-pyrrole nitrogens is 1.